The minimum atomic E-state index is -0.735. The van der Waals surface area contributed by atoms with Gasteiger partial charge in [0, 0.05) is 54.5 Å². The lowest BCUT2D eigenvalue weighted by atomic mass is 9.78. The second kappa shape index (κ2) is 15.4. The van der Waals surface area contributed by atoms with E-state index >= 15 is 0 Å². The molecule has 1 atom stereocenters. The third kappa shape index (κ3) is 7.97. The molecule has 0 saturated heterocycles. The number of allylic oxidation sites excluding steroid dienone is 3. The van der Waals surface area contributed by atoms with Crippen LogP contribution < -0.4 is 5.32 Å². The molecule has 5 nitrogen and oxygen atoms in total. The standard InChI is InChI=1S/C37H39BrClN3O2.ClH/c1-25-37(2,3)35-31(15-10-16-32(35)42(25)33(38)17-7-8-18-34(43)44)26-19-21-30(22-20-26)41-24-28-12-9-11-27(36(28)39)23-40-29-13-5-4-6-14-29;/h4-6,10,13-16,19-24,33H,7-9,11-12,17-18H2,1-3H3,(H-,40,41,43,44);1H/p+1. The van der Waals surface area contributed by atoms with Crippen LogP contribution in [0.2, 0.25) is 0 Å². The number of carbonyl (C=O) groups is 1. The molecule has 3 aromatic carbocycles. The fraction of sp³-hybridized carbons (Fsp3) is 0.324. The summed E-state index contributed by atoms with van der Waals surface area (Å²) in [6.45, 7) is 6.77. The van der Waals surface area contributed by atoms with E-state index in [4.69, 9.17) is 21.7 Å². The minimum Gasteiger partial charge on any atom is -0.481 e. The number of unbranched alkanes of at least 4 members (excludes halogenated alkanes) is 1. The Balaban J connectivity index is 0.00000461. The number of carboxylic acids is 1. The molecule has 0 fully saturated rings. The van der Waals surface area contributed by atoms with E-state index in [2.05, 4.69) is 89.1 Å². The van der Waals surface area contributed by atoms with E-state index in [9.17, 15) is 4.79 Å². The number of hydrogen-bond donors (Lipinski definition) is 2. The summed E-state index contributed by atoms with van der Waals surface area (Å²) in [5.74, 6) is -0.735. The van der Waals surface area contributed by atoms with E-state index in [1.54, 1.807) is 0 Å². The summed E-state index contributed by atoms with van der Waals surface area (Å²) in [5, 5.41) is 13.1. The molecule has 1 aliphatic carbocycles. The molecule has 236 valence electrons. The topological polar surface area (TPSA) is 64.7 Å². The summed E-state index contributed by atoms with van der Waals surface area (Å²) in [5.41, 5.74) is 10.1. The van der Waals surface area contributed by atoms with Crippen molar-refractivity contribution in [3.05, 3.63) is 101 Å². The number of fused-ring (bicyclic) bond motifs is 1. The van der Waals surface area contributed by atoms with Crippen molar-refractivity contribution in [1.82, 2.24) is 0 Å². The van der Waals surface area contributed by atoms with Crippen LogP contribution in [-0.4, -0.2) is 32.5 Å². The monoisotopic (exact) mass is 708 g/mol. The first-order valence-electron chi connectivity index (χ1n) is 15.3. The molecule has 2 aliphatic rings. The molecule has 8 heteroatoms. The quantitative estimate of drug-likeness (QED) is 0.0685. The zero-order valence-electron chi connectivity index (χ0n) is 26.0. The van der Waals surface area contributed by atoms with E-state index in [1.807, 2.05) is 42.7 Å². The van der Waals surface area contributed by atoms with Gasteiger partial charge in [-0.3, -0.25) is 9.79 Å². The number of hydrogen-bond acceptors (Lipinski definition) is 3. The molecule has 2 N–H and O–H groups in total. The highest BCUT2D eigenvalue weighted by Crippen LogP contribution is 2.47. The van der Waals surface area contributed by atoms with Crippen molar-refractivity contribution in [3.8, 4) is 11.1 Å². The van der Waals surface area contributed by atoms with Crippen molar-refractivity contribution in [1.29, 1.82) is 0 Å². The molecule has 0 amide bonds. The van der Waals surface area contributed by atoms with Crippen LogP contribution in [0, 0.1) is 0 Å². The number of rotatable bonds is 11. The Hall–Kier alpha value is -3.19. The van der Waals surface area contributed by atoms with Gasteiger partial charge in [0.2, 0.25) is 10.6 Å². The molecule has 0 saturated carbocycles. The number of aliphatic carboxylic acids is 1. The van der Waals surface area contributed by atoms with Gasteiger partial charge in [-0.2, -0.15) is 4.58 Å². The molecule has 1 heterocycles. The van der Waals surface area contributed by atoms with Crippen molar-refractivity contribution >= 4 is 74.9 Å². The lowest BCUT2D eigenvalue weighted by molar-refractivity contribution is -0.453. The first-order valence-corrected chi connectivity index (χ1v) is 16.6. The van der Waals surface area contributed by atoms with Gasteiger partial charge in [0.25, 0.3) is 0 Å². The first kappa shape index (κ1) is 34.7. The fourth-order valence-electron chi connectivity index (χ4n) is 6.12. The molecule has 0 aromatic heterocycles. The maximum Gasteiger partial charge on any atom is 0.303 e. The number of nitrogens with one attached hydrogen (secondary N) is 1. The van der Waals surface area contributed by atoms with E-state index in [1.165, 1.54) is 22.5 Å². The second-order valence-corrected chi connectivity index (χ2v) is 13.5. The predicted octanol–water partition coefficient (Wildman–Crippen LogP) is 10.9. The van der Waals surface area contributed by atoms with Crippen molar-refractivity contribution in [2.75, 3.05) is 5.32 Å². The van der Waals surface area contributed by atoms with Gasteiger partial charge in [0.15, 0.2) is 5.71 Å². The molecule has 5 rings (SSSR count). The number of alkyl halides is 1. The number of nitrogens with zero attached hydrogens (tertiary/aromatic N) is 2. The predicted molar refractivity (Wildman–Crippen MR) is 195 cm³/mol. The van der Waals surface area contributed by atoms with Crippen molar-refractivity contribution in [2.24, 2.45) is 4.99 Å². The average Bonchev–Trinajstić information content (AvgIpc) is 3.23. The van der Waals surface area contributed by atoms with E-state index in [-0.39, 0.29) is 29.2 Å². The highest BCUT2D eigenvalue weighted by atomic mass is 79.9. The minimum absolute atomic E-state index is 0. The van der Waals surface area contributed by atoms with E-state index < -0.39 is 5.97 Å². The van der Waals surface area contributed by atoms with Gasteiger partial charge in [-0.1, -0.05) is 54.1 Å². The van der Waals surface area contributed by atoms with Crippen LogP contribution in [0.4, 0.5) is 17.1 Å². The van der Waals surface area contributed by atoms with Gasteiger partial charge in [-0.15, -0.1) is 12.4 Å². The molecule has 45 heavy (non-hydrogen) atoms. The number of para-hydroxylation sites is 1. The van der Waals surface area contributed by atoms with Crippen LogP contribution in [0.25, 0.3) is 11.1 Å². The summed E-state index contributed by atoms with van der Waals surface area (Å²) in [6, 6.07) is 25.1. The van der Waals surface area contributed by atoms with Gasteiger partial charge in [-0.25, -0.2) is 0 Å². The van der Waals surface area contributed by atoms with Crippen LogP contribution in [0.15, 0.2) is 100 Å². The zero-order valence-corrected chi connectivity index (χ0v) is 29.2. The largest absolute Gasteiger partial charge is 0.481 e. The molecular formula is C37H41BrCl2N3O2+. The maximum atomic E-state index is 10.9. The molecule has 0 spiro atoms. The Morgan fingerprint density at radius 3 is 2.51 bits per heavy atom. The van der Waals surface area contributed by atoms with Gasteiger partial charge in [0.05, 0.1) is 11.1 Å². The van der Waals surface area contributed by atoms with E-state index in [0.717, 1.165) is 65.2 Å². The van der Waals surface area contributed by atoms with Gasteiger partial charge < -0.3 is 10.4 Å². The second-order valence-electron chi connectivity index (χ2n) is 12.0. The van der Waals surface area contributed by atoms with Crippen LogP contribution >= 0.6 is 39.9 Å². The number of aliphatic imine (C=N–C) groups is 1. The summed E-state index contributed by atoms with van der Waals surface area (Å²) in [6.07, 6.45) is 9.44. The van der Waals surface area contributed by atoms with Crippen molar-refractivity contribution in [3.63, 3.8) is 0 Å². The third-order valence-corrected chi connectivity index (χ3v) is 10.1. The Labute approximate surface area is 286 Å². The summed E-state index contributed by atoms with van der Waals surface area (Å²) in [7, 11) is 0. The fourth-order valence-corrected chi connectivity index (χ4v) is 7.26. The summed E-state index contributed by atoms with van der Waals surface area (Å²) >= 11 is 10.7. The summed E-state index contributed by atoms with van der Waals surface area (Å²) in [4.78, 5) is 15.8. The van der Waals surface area contributed by atoms with Crippen LogP contribution in [0.5, 0.6) is 0 Å². The normalized spacial score (nSPS) is 17.4. The van der Waals surface area contributed by atoms with Crippen LogP contribution in [0.3, 0.4) is 0 Å². The molecular weight excluding hydrogens is 669 g/mol. The van der Waals surface area contributed by atoms with Crippen LogP contribution in [0.1, 0.15) is 71.3 Å². The Morgan fingerprint density at radius 2 is 1.80 bits per heavy atom. The number of benzene rings is 3. The number of halogens is 3. The SMILES string of the molecule is CC1=[N+](C(Br)CCCCC(=O)O)c2cccc(-c3ccc(N=CC4=C(Cl)C(=CNc5ccccc5)CCC4)cc3)c2C1(C)C.Cl. The Bertz CT molecular complexity index is 1640. The lowest BCUT2D eigenvalue weighted by Gasteiger charge is -2.19. The Kier molecular flexibility index (Phi) is 11.9. The molecule has 1 unspecified atom stereocenters. The maximum absolute atomic E-state index is 10.9. The molecule has 0 radical (unpaired) electrons. The van der Waals surface area contributed by atoms with Crippen molar-refractivity contribution < 1.29 is 14.5 Å². The van der Waals surface area contributed by atoms with Crippen molar-refractivity contribution in [2.45, 2.75) is 76.1 Å². The first-order chi connectivity index (χ1) is 21.2. The molecule has 0 bridgehead atoms. The lowest BCUT2D eigenvalue weighted by Crippen LogP contribution is -2.29. The van der Waals surface area contributed by atoms with Gasteiger partial charge in [-0.05, 0) is 108 Å². The van der Waals surface area contributed by atoms with E-state index in [0.29, 0.717) is 6.42 Å². The highest BCUT2D eigenvalue weighted by molar-refractivity contribution is 9.09. The number of carboxylic acid groups (broad SMARTS) is 1. The van der Waals surface area contributed by atoms with Gasteiger partial charge >= 0.3 is 5.97 Å². The average molecular weight is 711 g/mol. The molecule has 3 aromatic rings. The highest BCUT2D eigenvalue weighted by Gasteiger charge is 2.46. The zero-order chi connectivity index (χ0) is 31.3. The third-order valence-electron chi connectivity index (χ3n) is 8.75. The summed E-state index contributed by atoms with van der Waals surface area (Å²) < 4.78 is 2.39. The Morgan fingerprint density at radius 1 is 1.07 bits per heavy atom. The van der Waals surface area contributed by atoms with Crippen LogP contribution in [-0.2, 0) is 10.2 Å². The van der Waals surface area contributed by atoms with Gasteiger partial charge in [0.1, 0.15) is 0 Å². The smallest absolute Gasteiger partial charge is 0.303 e. The number of anilines is 1. The molecule has 1 aliphatic heterocycles.